The lowest BCUT2D eigenvalue weighted by molar-refractivity contribution is 0.0785. The van der Waals surface area contributed by atoms with E-state index in [0.717, 1.165) is 32.5 Å². The largest absolute Gasteiger partial charge is 0.497 e. The minimum atomic E-state index is -0.0280. The van der Waals surface area contributed by atoms with Gasteiger partial charge in [0, 0.05) is 36.1 Å². The normalized spacial score (nSPS) is 10.6. The summed E-state index contributed by atoms with van der Waals surface area (Å²) in [6.45, 7) is 0.432. The molecule has 0 spiro atoms. The van der Waals surface area contributed by atoms with E-state index in [0.29, 0.717) is 12.1 Å². The molecule has 0 fully saturated rings. The number of nitrogens with zero attached hydrogens (tertiary/aromatic N) is 3. The molecule has 0 bridgehead atoms. The first-order chi connectivity index (χ1) is 14.7. The van der Waals surface area contributed by atoms with Crippen molar-refractivity contribution in [2.24, 2.45) is 0 Å². The number of thiazole rings is 1. The van der Waals surface area contributed by atoms with Crippen LogP contribution in [0.15, 0.2) is 79.1 Å². The first-order valence-corrected chi connectivity index (χ1v) is 10.3. The molecule has 2 aromatic carbocycles. The summed E-state index contributed by atoms with van der Waals surface area (Å²) >= 11 is 1.58. The van der Waals surface area contributed by atoms with Gasteiger partial charge in [0.05, 0.1) is 24.2 Å². The first kappa shape index (κ1) is 19.8. The van der Waals surface area contributed by atoms with Crippen LogP contribution in [0.5, 0.6) is 5.75 Å². The van der Waals surface area contributed by atoms with Crippen molar-refractivity contribution in [2.75, 3.05) is 14.2 Å². The molecule has 0 aliphatic rings. The highest BCUT2D eigenvalue weighted by atomic mass is 32.1. The summed E-state index contributed by atoms with van der Waals surface area (Å²) < 4.78 is 5.27. The number of amides is 1. The van der Waals surface area contributed by atoms with Crippen molar-refractivity contribution in [1.29, 1.82) is 0 Å². The summed E-state index contributed by atoms with van der Waals surface area (Å²) in [5.74, 6) is 0.769. The molecule has 5 nitrogen and oxygen atoms in total. The summed E-state index contributed by atoms with van der Waals surface area (Å²) in [6.07, 6.45) is 3.59. The predicted octanol–water partition coefficient (Wildman–Crippen LogP) is 5.15. The van der Waals surface area contributed by atoms with Gasteiger partial charge >= 0.3 is 0 Å². The number of rotatable bonds is 6. The summed E-state index contributed by atoms with van der Waals surface area (Å²) in [7, 11) is 3.45. The number of aromatic nitrogens is 2. The SMILES string of the molecule is COc1ccc(-c2nc(CN(C)C(=O)c3ccccc3)sc2-c2cccnc2)cc1. The van der Waals surface area contributed by atoms with Crippen LogP contribution >= 0.6 is 11.3 Å². The van der Waals surface area contributed by atoms with Crippen molar-refractivity contribution in [3.63, 3.8) is 0 Å². The Morgan fingerprint density at radius 3 is 2.43 bits per heavy atom. The highest BCUT2D eigenvalue weighted by Crippen LogP contribution is 2.37. The minimum absolute atomic E-state index is 0.0280. The van der Waals surface area contributed by atoms with Crippen LogP contribution in [-0.4, -0.2) is 34.9 Å². The fourth-order valence-corrected chi connectivity index (χ4v) is 4.27. The summed E-state index contributed by atoms with van der Waals surface area (Å²) in [5, 5.41) is 0.867. The lowest BCUT2D eigenvalue weighted by Crippen LogP contribution is -2.26. The zero-order valence-corrected chi connectivity index (χ0v) is 17.6. The zero-order chi connectivity index (χ0) is 20.9. The number of benzene rings is 2. The van der Waals surface area contributed by atoms with Gasteiger partial charge in [0.1, 0.15) is 10.8 Å². The molecule has 4 rings (SSSR count). The maximum absolute atomic E-state index is 12.7. The topological polar surface area (TPSA) is 55.3 Å². The number of ether oxygens (including phenoxy) is 1. The molecule has 2 aromatic heterocycles. The van der Waals surface area contributed by atoms with Crippen molar-refractivity contribution in [3.05, 3.63) is 89.7 Å². The lowest BCUT2D eigenvalue weighted by atomic mass is 10.1. The smallest absolute Gasteiger partial charge is 0.253 e. The Hall–Kier alpha value is -3.51. The highest BCUT2D eigenvalue weighted by molar-refractivity contribution is 7.15. The molecule has 2 heterocycles. The fourth-order valence-electron chi connectivity index (χ4n) is 3.15. The molecule has 6 heteroatoms. The van der Waals surface area contributed by atoms with Gasteiger partial charge in [-0.05, 0) is 42.5 Å². The van der Waals surface area contributed by atoms with Crippen LogP contribution in [0.4, 0.5) is 0 Å². The number of hydrogen-bond acceptors (Lipinski definition) is 5. The van der Waals surface area contributed by atoms with E-state index in [-0.39, 0.29) is 5.91 Å². The van der Waals surface area contributed by atoms with E-state index >= 15 is 0 Å². The quantitative estimate of drug-likeness (QED) is 0.437. The summed E-state index contributed by atoms with van der Waals surface area (Å²) in [4.78, 5) is 24.6. The number of methoxy groups -OCH3 is 1. The molecular weight excluding hydrogens is 394 g/mol. The molecule has 0 aliphatic carbocycles. The van der Waals surface area contributed by atoms with Gasteiger partial charge in [-0.25, -0.2) is 4.98 Å². The first-order valence-electron chi connectivity index (χ1n) is 9.51. The molecule has 0 saturated heterocycles. The molecule has 0 aliphatic heterocycles. The average molecular weight is 416 g/mol. The summed E-state index contributed by atoms with van der Waals surface area (Å²) in [5.41, 5.74) is 3.55. The van der Waals surface area contributed by atoms with Gasteiger partial charge in [0.15, 0.2) is 0 Å². The number of carbonyl (C=O) groups excluding carboxylic acids is 1. The van der Waals surface area contributed by atoms with Gasteiger partial charge in [-0.3, -0.25) is 9.78 Å². The maximum Gasteiger partial charge on any atom is 0.253 e. The van der Waals surface area contributed by atoms with E-state index in [1.807, 2.05) is 72.9 Å². The zero-order valence-electron chi connectivity index (χ0n) is 16.8. The molecule has 150 valence electrons. The molecule has 30 heavy (non-hydrogen) atoms. The van der Waals surface area contributed by atoms with E-state index in [9.17, 15) is 4.79 Å². The van der Waals surface area contributed by atoms with Crippen molar-refractivity contribution in [2.45, 2.75) is 6.54 Å². The third kappa shape index (κ3) is 4.23. The Balaban J connectivity index is 1.67. The van der Waals surface area contributed by atoms with Crippen LogP contribution in [-0.2, 0) is 6.54 Å². The number of carbonyl (C=O) groups is 1. The van der Waals surface area contributed by atoms with Crippen molar-refractivity contribution < 1.29 is 9.53 Å². The Morgan fingerprint density at radius 2 is 1.77 bits per heavy atom. The van der Waals surface area contributed by atoms with Gasteiger partial charge in [-0.2, -0.15) is 0 Å². The van der Waals surface area contributed by atoms with Crippen LogP contribution in [0.25, 0.3) is 21.7 Å². The monoisotopic (exact) mass is 415 g/mol. The maximum atomic E-state index is 12.7. The molecule has 0 atom stereocenters. The van der Waals surface area contributed by atoms with Crippen LogP contribution in [0.1, 0.15) is 15.4 Å². The Bertz CT molecular complexity index is 1130. The Morgan fingerprint density at radius 1 is 1.00 bits per heavy atom. The molecule has 0 unspecified atom stereocenters. The molecule has 0 radical (unpaired) electrons. The Labute approximate surface area is 179 Å². The molecular formula is C24H21N3O2S. The molecule has 4 aromatic rings. The van der Waals surface area contributed by atoms with Crippen LogP contribution in [0.2, 0.25) is 0 Å². The van der Waals surface area contributed by atoms with Gasteiger partial charge in [-0.1, -0.05) is 24.3 Å². The second kappa shape index (κ2) is 8.88. The average Bonchev–Trinajstić information content (AvgIpc) is 3.23. The van der Waals surface area contributed by atoms with E-state index in [1.54, 1.807) is 36.6 Å². The van der Waals surface area contributed by atoms with E-state index < -0.39 is 0 Å². The van der Waals surface area contributed by atoms with Crippen LogP contribution < -0.4 is 4.74 Å². The van der Waals surface area contributed by atoms with Gasteiger partial charge in [0.25, 0.3) is 5.91 Å². The number of hydrogen-bond donors (Lipinski definition) is 0. The predicted molar refractivity (Wildman–Crippen MR) is 120 cm³/mol. The van der Waals surface area contributed by atoms with Crippen LogP contribution in [0, 0.1) is 0 Å². The van der Waals surface area contributed by atoms with Crippen molar-refractivity contribution >= 4 is 17.2 Å². The van der Waals surface area contributed by atoms with E-state index in [4.69, 9.17) is 9.72 Å². The molecule has 0 N–H and O–H groups in total. The molecule has 1 amide bonds. The highest BCUT2D eigenvalue weighted by Gasteiger charge is 2.18. The second-order valence-corrected chi connectivity index (χ2v) is 7.87. The second-order valence-electron chi connectivity index (χ2n) is 6.78. The number of pyridine rings is 1. The Kier molecular flexibility index (Phi) is 5.86. The summed E-state index contributed by atoms with van der Waals surface area (Å²) in [6, 6.07) is 21.1. The third-order valence-corrected chi connectivity index (χ3v) is 5.79. The standard InChI is InChI=1S/C24H21N3O2S/c1-27(24(28)18-7-4-3-5-8-18)16-21-26-22(17-10-12-20(29-2)13-11-17)23(30-21)19-9-6-14-25-15-19/h3-15H,16H2,1-2H3. The lowest BCUT2D eigenvalue weighted by Gasteiger charge is -2.15. The fraction of sp³-hybridized carbons (Fsp3) is 0.125. The van der Waals surface area contributed by atoms with E-state index in [1.165, 1.54) is 0 Å². The van der Waals surface area contributed by atoms with E-state index in [2.05, 4.69) is 4.98 Å². The third-order valence-electron chi connectivity index (χ3n) is 4.70. The van der Waals surface area contributed by atoms with Crippen molar-refractivity contribution in [1.82, 2.24) is 14.9 Å². The van der Waals surface area contributed by atoms with Gasteiger partial charge in [-0.15, -0.1) is 11.3 Å². The van der Waals surface area contributed by atoms with Gasteiger partial charge in [0.2, 0.25) is 0 Å². The minimum Gasteiger partial charge on any atom is -0.497 e. The van der Waals surface area contributed by atoms with Crippen LogP contribution in [0.3, 0.4) is 0 Å². The van der Waals surface area contributed by atoms with Crippen molar-refractivity contribution in [3.8, 4) is 27.4 Å². The van der Waals surface area contributed by atoms with Gasteiger partial charge < -0.3 is 9.64 Å². The molecule has 0 saturated carbocycles.